The summed E-state index contributed by atoms with van der Waals surface area (Å²) in [6.07, 6.45) is 2.90. The molecule has 1 N–H and O–H groups in total. The molecule has 6 nitrogen and oxygen atoms in total. The Morgan fingerprint density at radius 1 is 1.17 bits per heavy atom. The molecular formula is C15H19Cl2N5O. The molecule has 23 heavy (non-hydrogen) atoms. The number of benzene rings is 1. The van der Waals surface area contributed by atoms with Gasteiger partial charge in [-0.25, -0.2) is 4.68 Å². The number of morpholine rings is 1. The summed E-state index contributed by atoms with van der Waals surface area (Å²) in [6.45, 7) is 5.65. The number of nitrogens with one attached hydrogen (secondary N) is 1. The van der Waals surface area contributed by atoms with Crippen molar-refractivity contribution in [2.75, 3.05) is 44.7 Å². The van der Waals surface area contributed by atoms with Gasteiger partial charge in [-0.05, 0) is 31.2 Å². The number of aromatic nitrogens is 3. The lowest BCUT2D eigenvalue weighted by atomic mass is 10.3. The van der Waals surface area contributed by atoms with Crippen LogP contribution >= 0.6 is 23.2 Å². The number of halogens is 2. The summed E-state index contributed by atoms with van der Waals surface area (Å²) < 4.78 is 7.01. The van der Waals surface area contributed by atoms with Gasteiger partial charge in [0.05, 0.1) is 35.1 Å². The van der Waals surface area contributed by atoms with Crippen molar-refractivity contribution in [3.05, 3.63) is 34.4 Å². The Balaban J connectivity index is 1.48. The molecule has 2 aromatic rings. The molecule has 8 heteroatoms. The molecule has 1 aliphatic heterocycles. The molecule has 0 spiro atoms. The Bertz CT molecular complexity index is 643. The molecule has 1 aliphatic rings. The maximum Gasteiger partial charge on any atom is 0.169 e. The van der Waals surface area contributed by atoms with Crippen LogP contribution in [0.3, 0.4) is 0 Å². The molecule has 3 rings (SSSR count). The average molecular weight is 356 g/mol. The van der Waals surface area contributed by atoms with Crippen LogP contribution in [0.1, 0.15) is 6.42 Å². The van der Waals surface area contributed by atoms with Gasteiger partial charge >= 0.3 is 0 Å². The largest absolute Gasteiger partial charge is 0.379 e. The Kier molecular flexibility index (Phi) is 5.72. The third-order valence-electron chi connectivity index (χ3n) is 3.72. The Hall–Kier alpha value is -1.34. The molecular weight excluding hydrogens is 337 g/mol. The summed E-state index contributed by atoms with van der Waals surface area (Å²) in [7, 11) is 0. The average Bonchev–Trinajstić information content (AvgIpc) is 3.04. The van der Waals surface area contributed by atoms with E-state index in [2.05, 4.69) is 20.5 Å². The van der Waals surface area contributed by atoms with E-state index in [0.717, 1.165) is 57.3 Å². The normalized spacial score (nSPS) is 15.7. The van der Waals surface area contributed by atoms with Crippen LogP contribution in [0, 0.1) is 0 Å². The van der Waals surface area contributed by atoms with Crippen molar-refractivity contribution in [3.63, 3.8) is 0 Å². The third-order valence-corrected chi connectivity index (χ3v) is 4.46. The van der Waals surface area contributed by atoms with E-state index in [0.29, 0.717) is 10.0 Å². The molecule has 2 heterocycles. The molecule has 0 aliphatic carbocycles. The topological polar surface area (TPSA) is 55.2 Å². The molecule has 0 saturated carbocycles. The second kappa shape index (κ2) is 7.97. The van der Waals surface area contributed by atoms with E-state index in [9.17, 15) is 0 Å². The predicted molar refractivity (Wildman–Crippen MR) is 91.7 cm³/mol. The number of ether oxygens (including phenoxy) is 1. The summed E-state index contributed by atoms with van der Waals surface area (Å²) in [4.78, 5) is 2.41. The molecule has 1 saturated heterocycles. The smallest absolute Gasteiger partial charge is 0.169 e. The molecule has 124 valence electrons. The lowest BCUT2D eigenvalue weighted by Gasteiger charge is -2.26. The van der Waals surface area contributed by atoms with E-state index >= 15 is 0 Å². The molecule has 0 bridgehead atoms. The van der Waals surface area contributed by atoms with Crippen molar-refractivity contribution in [3.8, 4) is 5.69 Å². The zero-order chi connectivity index (χ0) is 16.1. The fourth-order valence-electron chi connectivity index (χ4n) is 2.44. The molecule has 1 fully saturated rings. The SMILES string of the molecule is Clc1ccc(-n2cc(NCCCN3CCOCC3)nn2)cc1Cl. The molecule has 0 atom stereocenters. The maximum atomic E-state index is 6.02. The van der Waals surface area contributed by atoms with Crippen molar-refractivity contribution in [1.29, 1.82) is 0 Å². The van der Waals surface area contributed by atoms with Gasteiger partial charge in [-0.3, -0.25) is 4.90 Å². The zero-order valence-electron chi connectivity index (χ0n) is 12.7. The predicted octanol–water partition coefficient (Wildman–Crippen LogP) is 2.71. The first-order valence-electron chi connectivity index (χ1n) is 7.64. The fraction of sp³-hybridized carbons (Fsp3) is 0.467. The van der Waals surface area contributed by atoms with Crippen molar-refractivity contribution < 1.29 is 4.74 Å². The minimum Gasteiger partial charge on any atom is -0.379 e. The minimum absolute atomic E-state index is 0.500. The number of nitrogens with zero attached hydrogens (tertiary/aromatic N) is 4. The number of hydrogen-bond donors (Lipinski definition) is 1. The van der Waals surface area contributed by atoms with Crippen LogP contribution in [0.2, 0.25) is 10.0 Å². The van der Waals surface area contributed by atoms with Crippen LogP contribution in [-0.2, 0) is 4.74 Å². The third kappa shape index (κ3) is 4.57. The van der Waals surface area contributed by atoms with Crippen LogP contribution in [0.4, 0.5) is 5.82 Å². The van der Waals surface area contributed by atoms with E-state index in [1.54, 1.807) is 16.8 Å². The van der Waals surface area contributed by atoms with Crippen molar-refractivity contribution in [2.24, 2.45) is 0 Å². The summed E-state index contributed by atoms with van der Waals surface area (Å²) >= 11 is 11.9. The summed E-state index contributed by atoms with van der Waals surface area (Å²) in [6, 6.07) is 5.36. The molecule has 1 aromatic carbocycles. The van der Waals surface area contributed by atoms with E-state index < -0.39 is 0 Å². The Labute approximate surface area is 145 Å². The lowest BCUT2D eigenvalue weighted by molar-refractivity contribution is 0.0378. The van der Waals surface area contributed by atoms with Crippen LogP contribution in [0.5, 0.6) is 0 Å². The Morgan fingerprint density at radius 2 is 2.00 bits per heavy atom. The van der Waals surface area contributed by atoms with Gasteiger partial charge in [-0.15, -0.1) is 5.10 Å². The van der Waals surface area contributed by atoms with Crippen LogP contribution in [-0.4, -0.2) is 59.3 Å². The quantitative estimate of drug-likeness (QED) is 0.807. The van der Waals surface area contributed by atoms with Gasteiger partial charge in [0.1, 0.15) is 0 Å². The lowest BCUT2D eigenvalue weighted by Crippen LogP contribution is -2.37. The van der Waals surface area contributed by atoms with Gasteiger partial charge in [-0.2, -0.15) is 0 Å². The first-order chi connectivity index (χ1) is 11.2. The van der Waals surface area contributed by atoms with Gasteiger partial charge in [-0.1, -0.05) is 28.4 Å². The highest BCUT2D eigenvalue weighted by Crippen LogP contribution is 2.24. The number of hydrogen-bond acceptors (Lipinski definition) is 5. The van der Waals surface area contributed by atoms with Crippen LogP contribution < -0.4 is 5.32 Å². The molecule has 0 radical (unpaired) electrons. The summed E-state index contributed by atoms with van der Waals surface area (Å²) in [5.41, 5.74) is 0.827. The molecule has 0 unspecified atom stereocenters. The number of rotatable bonds is 6. The van der Waals surface area contributed by atoms with E-state index in [-0.39, 0.29) is 0 Å². The second-order valence-electron chi connectivity index (χ2n) is 5.38. The van der Waals surface area contributed by atoms with E-state index in [4.69, 9.17) is 27.9 Å². The van der Waals surface area contributed by atoms with Gasteiger partial charge in [0.2, 0.25) is 0 Å². The van der Waals surface area contributed by atoms with Gasteiger partial charge in [0.15, 0.2) is 5.82 Å². The first-order valence-corrected chi connectivity index (χ1v) is 8.40. The van der Waals surface area contributed by atoms with Gasteiger partial charge in [0.25, 0.3) is 0 Å². The summed E-state index contributed by atoms with van der Waals surface area (Å²) in [5, 5.41) is 12.5. The highest BCUT2D eigenvalue weighted by molar-refractivity contribution is 6.42. The van der Waals surface area contributed by atoms with Crippen molar-refractivity contribution in [1.82, 2.24) is 19.9 Å². The maximum absolute atomic E-state index is 6.02. The van der Waals surface area contributed by atoms with Crippen LogP contribution in [0.15, 0.2) is 24.4 Å². The summed E-state index contributed by atoms with van der Waals surface area (Å²) in [5.74, 6) is 0.748. The zero-order valence-corrected chi connectivity index (χ0v) is 14.2. The van der Waals surface area contributed by atoms with Crippen LogP contribution in [0.25, 0.3) is 5.69 Å². The standard InChI is InChI=1S/C15H19Cl2N5O/c16-13-3-2-12(10-14(13)17)22-11-15(19-20-22)18-4-1-5-21-6-8-23-9-7-21/h2-3,10-11,18H,1,4-9H2. The first kappa shape index (κ1) is 16.5. The highest BCUT2D eigenvalue weighted by Gasteiger charge is 2.09. The van der Waals surface area contributed by atoms with E-state index in [1.165, 1.54) is 0 Å². The number of anilines is 1. The molecule has 1 aromatic heterocycles. The van der Waals surface area contributed by atoms with E-state index in [1.807, 2.05) is 12.3 Å². The highest BCUT2D eigenvalue weighted by atomic mass is 35.5. The van der Waals surface area contributed by atoms with Gasteiger partial charge < -0.3 is 10.1 Å². The van der Waals surface area contributed by atoms with Gasteiger partial charge in [0, 0.05) is 19.6 Å². The fourth-order valence-corrected chi connectivity index (χ4v) is 2.73. The molecule has 0 amide bonds. The van der Waals surface area contributed by atoms with Crippen molar-refractivity contribution >= 4 is 29.0 Å². The monoisotopic (exact) mass is 355 g/mol. The second-order valence-corrected chi connectivity index (χ2v) is 6.20. The Morgan fingerprint density at radius 3 is 2.78 bits per heavy atom. The van der Waals surface area contributed by atoms with Crippen molar-refractivity contribution in [2.45, 2.75) is 6.42 Å². The minimum atomic E-state index is 0.500.